The molecule has 1 aliphatic rings. The fourth-order valence-electron chi connectivity index (χ4n) is 2.37. The Kier molecular flexibility index (Phi) is 4.99. The number of aliphatic hydroxyl groups excluding tert-OH is 1. The van der Waals surface area contributed by atoms with Crippen LogP contribution in [0.4, 0.5) is 0 Å². The van der Waals surface area contributed by atoms with Gasteiger partial charge in [0.1, 0.15) is 0 Å². The first-order valence-corrected chi connectivity index (χ1v) is 5.65. The standard InChI is InChI=1S/C11H24N2O2/c1-8(6-12-2)11(14)10-5-9(15-4)7-13(10)3/h8-12,14H,5-7H2,1-4H3. The van der Waals surface area contributed by atoms with E-state index in [2.05, 4.69) is 24.2 Å². The highest BCUT2D eigenvalue weighted by Gasteiger charge is 2.36. The third-order valence-electron chi connectivity index (χ3n) is 3.40. The number of hydrogen-bond acceptors (Lipinski definition) is 4. The summed E-state index contributed by atoms with van der Waals surface area (Å²) in [5.41, 5.74) is 0. The molecule has 1 rings (SSSR count). The third kappa shape index (κ3) is 3.14. The predicted octanol–water partition coefficient (Wildman–Crippen LogP) is -0.0781. The van der Waals surface area contributed by atoms with Crippen molar-refractivity contribution in [1.82, 2.24) is 10.2 Å². The van der Waals surface area contributed by atoms with E-state index in [0.717, 1.165) is 19.5 Å². The van der Waals surface area contributed by atoms with Crippen molar-refractivity contribution in [2.75, 3.05) is 34.3 Å². The van der Waals surface area contributed by atoms with Crippen LogP contribution in [0.15, 0.2) is 0 Å². The molecule has 4 nitrogen and oxygen atoms in total. The van der Waals surface area contributed by atoms with Gasteiger partial charge in [0.2, 0.25) is 0 Å². The van der Waals surface area contributed by atoms with Crippen LogP contribution in [-0.4, -0.2) is 62.6 Å². The first-order chi connectivity index (χ1) is 7.10. The highest BCUT2D eigenvalue weighted by atomic mass is 16.5. The Labute approximate surface area is 92.6 Å². The number of rotatable bonds is 5. The molecule has 4 unspecified atom stereocenters. The lowest BCUT2D eigenvalue weighted by Crippen LogP contribution is -2.42. The van der Waals surface area contributed by atoms with Crippen molar-refractivity contribution in [3.63, 3.8) is 0 Å². The number of methoxy groups -OCH3 is 1. The molecule has 0 saturated carbocycles. The van der Waals surface area contributed by atoms with E-state index in [0.29, 0.717) is 0 Å². The Balaban J connectivity index is 2.48. The number of likely N-dealkylation sites (N-methyl/N-ethyl adjacent to an activating group) is 1. The van der Waals surface area contributed by atoms with E-state index in [4.69, 9.17) is 4.74 Å². The molecular formula is C11H24N2O2. The molecule has 1 aliphatic heterocycles. The van der Waals surface area contributed by atoms with Gasteiger partial charge in [-0.3, -0.25) is 4.90 Å². The maximum absolute atomic E-state index is 10.2. The number of ether oxygens (including phenoxy) is 1. The number of nitrogens with zero attached hydrogens (tertiary/aromatic N) is 1. The van der Waals surface area contributed by atoms with Crippen LogP contribution in [-0.2, 0) is 4.74 Å². The summed E-state index contributed by atoms with van der Waals surface area (Å²) in [5.74, 6) is 0.276. The molecule has 15 heavy (non-hydrogen) atoms. The van der Waals surface area contributed by atoms with Crippen molar-refractivity contribution in [3.8, 4) is 0 Å². The normalized spacial score (nSPS) is 31.8. The number of likely N-dealkylation sites (tertiary alicyclic amines) is 1. The molecule has 0 spiro atoms. The Bertz CT molecular complexity index is 189. The molecule has 0 aromatic carbocycles. The average Bonchev–Trinajstić information content (AvgIpc) is 2.59. The summed E-state index contributed by atoms with van der Waals surface area (Å²) in [6, 6.07) is 0.235. The van der Waals surface area contributed by atoms with Gasteiger partial charge < -0.3 is 15.2 Å². The van der Waals surface area contributed by atoms with Gasteiger partial charge in [0.25, 0.3) is 0 Å². The molecule has 90 valence electrons. The van der Waals surface area contributed by atoms with Gasteiger partial charge in [0.15, 0.2) is 0 Å². The van der Waals surface area contributed by atoms with E-state index in [-0.39, 0.29) is 24.2 Å². The van der Waals surface area contributed by atoms with Crippen molar-refractivity contribution in [1.29, 1.82) is 0 Å². The lowest BCUT2D eigenvalue weighted by Gasteiger charge is -2.29. The predicted molar refractivity (Wildman–Crippen MR) is 60.9 cm³/mol. The Morgan fingerprint density at radius 1 is 1.60 bits per heavy atom. The number of hydrogen-bond donors (Lipinski definition) is 2. The zero-order chi connectivity index (χ0) is 11.4. The third-order valence-corrected chi connectivity index (χ3v) is 3.40. The minimum atomic E-state index is -0.275. The SMILES string of the molecule is CNCC(C)C(O)C1CC(OC)CN1C. The van der Waals surface area contributed by atoms with Gasteiger partial charge in [-0.25, -0.2) is 0 Å². The minimum Gasteiger partial charge on any atom is -0.391 e. The average molecular weight is 216 g/mol. The summed E-state index contributed by atoms with van der Waals surface area (Å²) >= 11 is 0. The van der Waals surface area contributed by atoms with Gasteiger partial charge in [-0.2, -0.15) is 0 Å². The molecule has 0 aromatic rings. The molecule has 0 aliphatic carbocycles. The molecule has 1 fully saturated rings. The molecule has 0 radical (unpaired) electrons. The fourth-order valence-corrected chi connectivity index (χ4v) is 2.37. The quantitative estimate of drug-likeness (QED) is 0.675. The lowest BCUT2D eigenvalue weighted by molar-refractivity contribution is 0.0425. The van der Waals surface area contributed by atoms with Crippen LogP contribution in [0.5, 0.6) is 0 Å². The zero-order valence-electron chi connectivity index (χ0n) is 10.2. The maximum Gasteiger partial charge on any atom is 0.0733 e. The first kappa shape index (κ1) is 12.9. The monoisotopic (exact) mass is 216 g/mol. The van der Waals surface area contributed by atoms with Crippen molar-refractivity contribution in [2.45, 2.75) is 31.6 Å². The molecule has 0 amide bonds. The summed E-state index contributed by atoms with van der Waals surface area (Å²) in [6.07, 6.45) is 0.932. The first-order valence-electron chi connectivity index (χ1n) is 5.65. The Morgan fingerprint density at radius 3 is 2.73 bits per heavy atom. The van der Waals surface area contributed by atoms with Gasteiger partial charge in [-0.05, 0) is 33.0 Å². The topological polar surface area (TPSA) is 44.7 Å². The largest absolute Gasteiger partial charge is 0.391 e. The second-order valence-corrected chi connectivity index (χ2v) is 4.63. The molecule has 4 atom stereocenters. The molecule has 0 bridgehead atoms. The summed E-state index contributed by atoms with van der Waals surface area (Å²) in [6.45, 7) is 3.85. The van der Waals surface area contributed by atoms with Crippen LogP contribution in [0.3, 0.4) is 0 Å². The lowest BCUT2D eigenvalue weighted by atomic mass is 9.96. The molecule has 1 saturated heterocycles. The molecule has 2 N–H and O–H groups in total. The summed E-state index contributed by atoms with van der Waals surface area (Å²) in [4.78, 5) is 2.20. The maximum atomic E-state index is 10.2. The van der Waals surface area contributed by atoms with E-state index in [1.165, 1.54) is 0 Å². The van der Waals surface area contributed by atoms with Crippen LogP contribution in [0.1, 0.15) is 13.3 Å². The van der Waals surface area contributed by atoms with Crippen molar-refractivity contribution >= 4 is 0 Å². The van der Waals surface area contributed by atoms with E-state index in [9.17, 15) is 5.11 Å². The Morgan fingerprint density at radius 2 is 2.27 bits per heavy atom. The van der Waals surface area contributed by atoms with E-state index >= 15 is 0 Å². The van der Waals surface area contributed by atoms with Crippen LogP contribution in [0, 0.1) is 5.92 Å². The summed E-state index contributed by atoms with van der Waals surface area (Å²) in [7, 11) is 5.71. The zero-order valence-corrected chi connectivity index (χ0v) is 10.2. The molecule has 1 heterocycles. The number of aliphatic hydroxyl groups is 1. The van der Waals surface area contributed by atoms with Crippen molar-refractivity contribution in [2.24, 2.45) is 5.92 Å². The minimum absolute atomic E-state index is 0.235. The summed E-state index contributed by atoms with van der Waals surface area (Å²) in [5, 5.41) is 13.3. The second-order valence-electron chi connectivity index (χ2n) is 4.63. The Hall–Kier alpha value is -0.160. The summed E-state index contributed by atoms with van der Waals surface area (Å²) < 4.78 is 5.33. The smallest absolute Gasteiger partial charge is 0.0733 e. The van der Waals surface area contributed by atoms with Crippen molar-refractivity contribution < 1.29 is 9.84 Å². The fraction of sp³-hybridized carbons (Fsp3) is 1.00. The van der Waals surface area contributed by atoms with E-state index in [1.54, 1.807) is 7.11 Å². The van der Waals surface area contributed by atoms with Gasteiger partial charge in [-0.1, -0.05) is 6.92 Å². The van der Waals surface area contributed by atoms with Crippen LogP contribution < -0.4 is 5.32 Å². The van der Waals surface area contributed by atoms with E-state index < -0.39 is 0 Å². The van der Waals surface area contributed by atoms with Crippen LogP contribution in [0.2, 0.25) is 0 Å². The van der Waals surface area contributed by atoms with Gasteiger partial charge >= 0.3 is 0 Å². The highest BCUT2D eigenvalue weighted by Crippen LogP contribution is 2.24. The molecular weight excluding hydrogens is 192 g/mol. The second kappa shape index (κ2) is 5.80. The van der Waals surface area contributed by atoms with Crippen LogP contribution >= 0.6 is 0 Å². The van der Waals surface area contributed by atoms with Gasteiger partial charge in [0.05, 0.1) is 12.2 Å². The molecule has 0 aromatic heterocycles. The highest BCUT2D eigenvalue weighted by molar-refractivity contribution is 4.90. The van der Waals surface area contributed by atoms with E-state index in [1.807, 2.05) is 7.05 Å². The van der Waals surface area contributed by atoms with Crippen molar-refractivity contribution in [3.05, 3.63) is 0 Å². The number of nitrogens with one attached hydrogen (secondary N) is 1. The van der Waals surface area contributed by atoms with Crippen LogP contribution in [0.25, 0.3) is 0 Å². The van der Waals surface area contributed by atoms with Gasteiger partial charge in [0, 0.05) is 19.7 Å². The molecule has 4 heteroatoms. The van der Waals surface area contributed by atoms with Gasteiger partial charge in [-0.15, -0.1) is 0 Å².